The van der Waals surface area contributed by atoms with Gasteiger partial charge in [-0.25, -0.2) is 0 Å². The van der Waals surface area contributed by atoms with Crippen LogP contribution in [0.1, 0.15) is 17.2 Å². The van der Waals surface area contributed by atoms with Crippen molar-refractivity contribution in [3.8, 4) is 0 Å². The summed E-state index contributed by atoms with van der Waals surface area (Å²) >= 11 is 0. The van der Waals surface area contributed by atoms with Crippen LogP contribution in [0.15, 0.2) is 60.7 Å². The molecule has 1 unspecified atom stereocenters. The molecule has 4 heteroatoms. The SMILES string of the molecule is OCC1(CO)CN(Cc2ccccc2)C(c2ccccc2)CO1. The van der Waals surface area contributed by atoms with E-state index in [-0.39, 0.29) is 19.3 Å². The van der Waals surface area contributed by atoms with Gasteiger partial charge in [0.1, 0.15) is 5.60 Å². The number of aliphatic hydroxyl groups is 2. The molecule has 0 aliphatic carbocycles. The second-order valence-corrected chi connectivity index (χ2v) is 6.13. The van der Waals surface area contributed by atoms with E-state index in [9.17, 15) is 10.2 Å². The van der Waals surface area contributed by atoms with Gasteiger partial charge in [-0.05, 0) is 11.1 Å². The second-order valence-electron chi connectivity index (χ2n) is 6.13. The zero-order valence-corrected chi connectivity index (χ0v) is 13.1. The molecule has 1 saturated heterocycles. The Balaban J connectivity index is 1.86. The molecule has 0 spiro atoms. The molecule has 0 bridgehead atoms. The zero-order chi connectivity index (χ0) is 16.1. The van der Waals surface area contributed by atoms with E-state index in [0.717, 1.165) is 6.54 Å². The quantitative estimate of drug-likeness (QED) is 0.886. The molecule has 0 amide bonds. The third-order valence-corrected chi connectivity index (χ3v) is 4.47. The largest absolute Gasteiger partial charge is 0.393 e. The molecule has 122 valence electrons. The lowest BCUT2D eigenvalue weighted by Gasteiger charge is -2.45. The number of rotatable bonds is 5. The van der Waals surface area contributed by atoms with Crippen LogP contribution in [0.3, 0.4) is 0 Å². The van der Waals surface area contributed by atoms with E-state index in [0.29, 0.717) is 13.2 Å². The van der Waals surface area contributed by atoms with E-state index in [1.807, 2.05) is 36.4 Å². The molecule has 0 saturated carbocycles. The molecular formula is C19H23NO3. The summed E-state index contributed by atoms with van der Waals surface area (Å²) in [6, 6.07) is 20.6. The van der Waals surface area contributed by atoms with Gasteiger partial charge in [0.05, 0.1) is 25.9 Å². The highest BCUT2D eigenvalue weighted by molar-refractivity contribution is 5.21. The highest BCUT2D eigenvalue weighted by Gasteiger charge is 2.40. The lowest BCUT2D eigenvalue weighted by molar-refractivity contribution is -0.175. The zero-order valence-electron chi connectivity index (χ0n) is 13.1. The third-order valence-electron chi connectivity index (χ3n) is 4.47. The van der Waals surface area contributed by atoms with Gasteiger partial charge in [-0.15, -0.1) is 0 Å². The molecule has 1 aliphatic heterocycles. The number of hydrogen-bond donors (Lipinski definition) is 2. The number of ether oxygens (including phenoxy) is 1. The maximum atomic E-state index is 9.67. The van der Waals surface area contributed by atoms with Crippen LogP contribution in [0.4, 0.5) is 0 Å². The minimum atomic E-state index is -0.889. The van der Waals surface area contributed by atoms with Gasteiger partial charge in [-0.2, -0.15) is 0 Å². The summed E-state index contributed by atoms with van der Waals surface area (Å²) in [5, 5.41) is 19.3. The van der Waals surface area contributed by atoms with Gasteiger partial charge in [0.25, 0.3) is 0 Å². The van der Waals surface area contributed by atoms with Crippen LogP contribution in [0.5, 0.6) is 0 Å². The van der Waals surface area contributed by atoms with Gasteiger partial charge in [0.15, 0.2) is 0 Å². The van der Waals surface area contributed by atoms with Gasteiger partial charge in [0.2, 0.25) is 0 Å². The summed E-state index contributed by atoms with van der Waals surface area (Å²) in [4.78, 5) is 2.28. The van der Waals surface area contributed by atoms with Crippen molar-refractivity contribution < 1.29 is 14.9 Å². The monoisotopic (exact) mass is 313 g/mol. The molecule has 2 aromatic carbocycles. The number of morpholine rings is 1. The molecule has 0 radical (unpaired) electrons. The smallest absolute Gasteiger partial charge is 0.127 e. The normalized spacial score (nSPS) is 21.2. The number of hydrogen-bond acceptors (Lipinski definition) is 4. The number of benzene rings is 2. The first-order valence-electron chi connectivity index (χ1n) is 7.95. The minimum absolute atomic E-state index is 0.114. The summed E-state index contributed by atoms with van der Waals surface area (Å²) in [6.07, 6.45) is 0. The lowest BCUT2D eigenvalue weighted by Crippen LogP contribution is -2.56. The van der Waals surface area contributed by atoms with Crippen molar-refractivity contribution in [3.05, 3.63) is 71.8 Å². The third kappa shape index (κ3) is 3.62. The highest BCUT2D eigenvalue weighted by atomic mass is 16.5. The van der Waals surface area contributed by atoms with Gasteiger partial charge >= 0.3 is 0 Å². The average Bonchev–Trinajstić information content (AvgIpc) is 2.63. The maximum Gasteiger partial charge on any atom is 0.127 e. The van der Waals surface area contributed by atoms with E-state index in [4.69, 9.17) is 4.74 Å². The summed E-state index contributed by atoms with van der Waals surface area (Å²) in [5.41, 5.74) is 1.51. The maximum absolute atomic E-state index is 9.67. The molecule has 4 nitrogen and oxygen atoms in total. The van der Waals surface area contributed by atoms with Crippen LogP contribution < -0.4 is 0 Å². The van der Waals surface area contributed by atoms with E-state index >= 15 is 0 Å². The Bertz CT molecular complexity index is 599. The molecular weight excluding hydrogens is 290 g/mol. The Hall–Kier alpha value is -1.72. The average molecular weight is 313 g/mol. The molecule has 23 heavy (non-hydrogen) atoms. The molecule has 3 rings (SSSR count). The Labute approximate surface area is 136 Å². The first-order chi connectivity index (χ1) is 11.3. The van der Waals surface area contributed by atoms with Gasteiger partial charge in [0, 0.05) is 13.1 Å². The summed E-state index contributed by atoms with van der Waals surface area (Å²) in [7, 11) is 0. The van der Waals surface area contributed by atoms with Crippen LogP contribution in [0, 0.1) is 0 Å². The molecule has 0 aromatic heterocycles. The fourth-order valence-corrected chi connectivity index (χ4v) is 3.09. The van der Waals surface area contributed by atoms with Crippen LogP contribution >= 0.6 is 0 Å². The van der Waals surface area contributed by atoms with Crippen molar-refractivity contribution in [2.45, 2.75) is 18.2 Å². The van der Waals surface area contributed by atoms with Gasteiger partial charge in [-0.3, -0.25) is 4.90 Å². The molecule has 1 heterocycles. The van der Waals surface area contributed by atoms with E-state index < -0.39 is 5.60 Å². The molecule has 2 N–H and O–H groups in total. The van der Waals surface area contributed by atoms with E-state index in [2.05, 4.69) is 29.2 Å². The number of nitrogens with zero attached hydrogens (tertiary/aromatic N) is 1. The van der Waals surface area contributed by atoms with Gasteiger partial charge in [-0.1, -0.05) is 60.7 Å². The van der Waals surface area contributed by atoms with E-state index in [1.165, 1.54) is 11.1 Å². The van der Waals surface area contributed by atoms with Crippen LogP contribution in [0.2, 0.25) is 0 Å². The topological polar surface area (TPSA) is 52.9 Å². The van der Waals surface area contributed by atoms with E-state index in [1.54, 1.807) is 0 Å². The predicted molar refractivity (Wildman–Crippen MR) is 88.9 cm³/mol. The summed E-state index contributed by atoms with van der Waals surface area (Å²) < 4.78 is 5.86. The fraction of sp³-hybridized carbons (Fsp3) is 0.368. The van der Waals surface area contributed by atoms with Crippen molar-refractivity contribution in [1.29, 1.82) is 0 Å². The summed E-state index contributed by atoms with van der Waals surface area (Å²) in [5.74, 6) is 0. The Morgan fingerprint density at radius 1 is 0.957 bits per heavy atom. The van der Waals surface area contributed by atoms with Crippen molar-refractivity contribution in [2.75, 3.05) is 26.4 Å². The number of aliphatic hydroxyl groups excluding tert-OH is 2. The van der Waals surface area contributed by atoms with Crippen molar-refractivity contribution in [2.24, 2.45) is 0 Å². The van der Waals surface area contributed by atoms with Crippen LogP contribution in [-0.2, 0) is 11.3 Å². The minimum Gasteiger partial charge on any atom is -0.393 e. The fourth-order valence-electron chi connectivity index (χ4n) is 3.09. The Morgan fingerprint density at radius 2 is 1.57 bits per heavy atom. The first kappa shape index (κ1) is 16.1. The second kappa shape index (κ2) is 7.23. The molecule has 1 atom stereocenters. The molecule has 1 aliphatic rings. The van der Waals surface area contributed by atoms with Crippen molar-refractivity contribution in [1.82, 2.24) is 4.90 Å². The van der Waals surface area contributed by atoms with Crippen molar-refractivity contribution in [3.63, 3.8) is 0 Å². The first-order valence-corrected chi connectivity index (χ1v) is 7.95. The molecule has 1 fully saturated rings. The predicted octanol–water partition coefficient (Wildman–Crippen LogP) is 1.98. The standard InChI is InChI=1S/C19H23NO3/c21-14-19(15-22)13-20(11-16-7-3-1-4-8-16)18(12-23-19)17-9-5-2-6-10-17/h1-10,18,21-22H,11-15H2. The molecule has 2 aromatic rings. The van der Waals surface area contributed by atoms with Crippen molar-refractivity contribution >= 4 is 0 Å². The van der Waals surface area contributed by atoms with Gasteiger partial charge < -0.3 is 14.9 Å². The summed E-state index contributed by atoms with van der Waals surface area (Å²) in [6.45, 7) is 1.34. The Kier molecular flexibility index (Phi) is 5.08. The lowest BCUT2D eigenvalue weighted by atomic mass is 9.97. The van der Waals surface area contributed by atoms with Crippen LogP contribution in [0.25, 0.3) is 0 Å². The Morgan fingerprint density at radius 3 is 2.17 bits per heavy atom. The van der Waals surface area contributed by atoms with Crippen LogP contribution in [-0.4, -0.2) is 47.1 Å². The highest BCUT2D eigenvalue weighted by Crippen LogP contribution is 2.32.